The number of aliphatic hydroxyl groups is 2. The molecule has 0 aromatic carbocycles. The summed E-state index contributed by atoms with van der Waals surface area (Å²) >= 11 is 0. The Hall–Kier alpha value is -1.92. The van der Waals surface area contributed by atoms with E-state index in [1.54, 1.807) is 6.08 Å². The molecule has 66 heavy (non-hydrogen) atoms. The van der Waals surface area contributed by atoms with Gasteiger partial charge in [0.1, 0.15) is 0 Å². The van der Waals surface area contributed by atoms with Gasteiger partial charge in [-0.3, -0.25) is 9.59 Å². The van der Waals surface area contributed by atoms with E-state index >= 15 is 0 Å². The Labute approximate surface area is 411 Å². The number of rotatable bonds is 54. The lowest BCUT2D eigenvalue weighted by atomic mass is 10.0. The van der Waals surface area contributed by atoms with Crippen molar-refractivity contribution in [1.29, 1.82) is 0 Å². The summed E-state index contributed by atoms with van der Waals surface area (Å²) in [5, 5.41) is 23.2. The number of amides is 1. The Bertz CT molecular complexity index is 1070. The van der Waals surface area contributed by atoms with Gasteiger partial charge in [-0.1, -0.05) is 249 Å². The summed E-state index contributed by atoms with van der Waals surface area (Å²) in [5.74, 6) is -0.137. The predicted molar refractivity (Wildman–Crippen MR) is 287 cm³/mol. The van der Waals surface area contributed by atoms with Gasteiger partial charge in [-0.15, -0.1) is 0 Å². The predicted octanol–water partition coefficient (Wildman–Crippen LogP) is 18.0. The highest BCUT2D eigenvalue weighted by molar-refractivity contribution is 5.76. The molecule has 388 valence electrons. The Balaban J connectivity index is 3.54. The zero-order valence-electron chi connectivity index (χ0n) is 44.2. The highest BCUT2D eigenvalue weighted by atomic mass is 16.5. The maximum Gasteiger partial charge on any atom is 0.305 e. The Morgan fingerprint density at radius 2 is 0.712 bits per heavy atom. The number of ether oxygens (including phenoxy) is 1. The van der Waals surface area contributed by atoms with Gasteiger partial charge in [0.15, 0.2) is 0 Å². The number of carbonyl (C=O) groups is 2. The van der Waals surface area contributed by atoms with Crippen LogP contribution >= 0.6 is 0 Å². The van der Waals surface area contributed by atoms with Crippen molar-refractivity contribution in [1.82, 2.24) is 5.32 Å². The smallest absolute Gasteiger partial charge is 0.305 e. The average Bonchev–Trinajstić information content (AvgIpc) is 3.32. The van der Waals surface area contributed by atoms with Gasteiger partial charge in [0.05, 0.1) is 25.4 Å². The molecule has 0 aromatic rings. The van der Waals surface area contributed by atoms with Crippen LogP contribution in [0, 0.1) is 0 Å². The van der Waals surface area contributed by atoms with Crippen molar-refractivity contribution in [2.45, 2.75) is 321 Å². The molecule has 0 rings (SSSR count). The van der Waals surface area contributed by atoms with Crippen molar-refractivity contribution in [2.75, 3.05) is 13.2 Å². The highest BCUT2D eigenvalue weighted by Gasteiger charge is 2.18. The molecule has 0 aliphatic heterocycles. The molecule has 0 spiro atoms. The first-order valence-corrected chi connectivity index (χ1v) is 29.3. The quantitative estimate of drug-likeness (QED) is 0.0321. The Morgan fingerprint density at radius 3 is 1.08 bits per heavy atom. The molecule has 3 N–H and O–H groups in total. The molecule has 0 aromatic heterocycles. The van der Waals surface area contributed by atoms with Crippen LogP contribution in [-0.4, -0.2) is 47.4 Å². The second-order valence-electron chi connectivity index (χ2n) is 20.0. The van der Waals surface area contributed by atoms with Crippen LogP contribution in [0.3, 0.4) is 0 Å². The fraction of sp³-hybridized carbons (Fsp3) is 0.867. The Kier molecular flexibility index (Phi) is 54.1. The SMILES string of the molecule is CCCCCCC/C=C\CCCCCCCC(=O)OCCCC/C=C\CCCCCCCC(=O)NC(CO)C(O)/C=C/CCCCCCCCCCCCCCCCCCCCCCCC. The van der Waals surface area contributed by atoms with E-state index in [1.807, 2.05) is 6.08 Å². The van der Waals surface area contributed by atoms with Crippen molar-refractivity contribution in [3.8, 4) is 0 Å². The normalized spacial score (nSPS) is 12.8. The van der Waals surface area contributed by atoms with Crippen molar-refractivity contribution in [2.24, 2.45) is 0 Å². The topological polar surface area (TPSA) is 95.9 Å². The molecular formula is C60H113NO5. The van der Waals surface area contributed by atoms with Gasteiger partial charge in [0, 0.05) is 12.8 Å². The van der Waals surface area contributed by atoms with E-state index in [0.29, 0.717) is 19.4 Å². The van der Waals surface area contributed by atoms with Crippen molar-refractivity contribution in [3.05, 3.63) is 36.5 Å². The first-order valence-electron chi connectivity index (χ1n) is 29.3. The molecular weight excluding hydrogens is 815 g/mol. The van der Waals surface area contributed by atoms with Gasteiger partial charge >= 0.3 is 5.97 Å². The molecule has 2 atom stereocenters. The zero-order valence-corrected chi connectivity index (χ0v) is 44.2. The number of allylic oxidation sites excluding steroid dienone is 5. The van der Waals surface area contributed by atoms with Gasteiger partial charge in [-0.2, -0.15) is 0 Å². The highest BCUT2D eigenvalue weighted by Crippen LogP contribution is 2.17. The number of unbranched alkanes of at least 4 members (excludes halogenated alkanes) is 39. The van der Waals surface area contributed by atoms with Gasteiger partial charge in [-0.05, 0) is 83.5 Å². The maximum absolute atomic E-state index is 12.5. The minimum absolute atomic E-state index is 0.0412. The summed E-state index contributed by atoms with van der Waals surface area (Å²) < 4.78 is 5.43. The molecule has 6 heteroatoms. The molecule has 0 heterocycles. The van der Waals surface area contributed by atoms with Crippen LogP contribution in [0.2, 0.25) is 0 Å². The molecule has 1 amide bonds. The lowest BCUT2D eigenvalue weighted by molar-refractivity contribution is -0.143. The fourth-order valence-electron chi connectivity index (χ4n) is 8.86. The minimum Gasteiger partial charge on any atom is -0.466 e. The van der Waals surface area contributed by atoms with Crippen molar-refractivity contribution < 1.29 is 24.5 Å². The van der Waals surface area contributed by atoms with E-state index in [4.69, 9.17) is 4.74 Å². The molecule has 6 nitrogen and oxygen atoms in total. The lowest BCUT2D eigenvalue weighted by Gasteiger charge is -2.20. The molecule has 0 fully saturated rings. The molecule has 0 aliphatic carbocycles. The number of hydrogen-bond acceptors (Lipinski definition) is 5. The fourth-order valence-corrected chi connectivity index (χ4v) is 8.86. The number of carbonyl (C=O) groups excluding carboxylic acids is 2. The number of aliphatic hydroxyl groups excluding tert-OH is 2. The van der Waals surface area contributed by atoms with Gasteiger partial charge in [0.25, 0.3) is 0 Å². The van der Waals surface area contributed by atoms with Crippen LogP contribution in [0.1, 0.15) is 309 Å². The van der Waals surface area contributed by atoms with Gasteiger partial charge < -0.3 is 20.3 Å². The maximum atomic E-state index is 12.5. The number of hydrogen-bond donors (Lipinski definition) is 3. The summed E-state index contributed by atoms with van der Waals surface area (Å²) in [7, 11) is 0. The second kappa shape index (κ2) is 55.7. The number of nitrogens with one attached hydrogen (secondary N) is 1. The van der Waals surface area contributed by atoms with E-state index in [2.05, 4.69) is 43.5 Å². The van der Waals surface area contributed by atoms with Crippen molar-refractivity contribution in [3.63, 3.8) is 0 Å². The van der Waals surface area contributed by atoms with Crippen LogP contribution in [0.25, 0.3) is 0 Å². The lowest BCUT2D eigenvalue weighted by Crippen LogP contribution is -2.45. The van der Waals surface area contributed by atoms with Crippen molar-refractivity contribution >= 4 is 11.9 Å². The monoisotopic (exact) mass is 928 g/mol. The zero-order chi connectivity index (χ0) is 47.9. The summed E-state index contributed by atoms with van der Waals surface area (Å²) in [6, 6.07) is -0.651. The van der Waals surface area contributed by atoms with Gasteiger partial charge in [0.2, 0.25) is 5.91 Å². The van der Waals surface area contributed by atoms with E-state index in [1.165, 1.54) is 199 Å². The van der Waals surface area contributed by atoms with E-state index in [0.717, 1.165) is 83.5 Å². The number of esters is 1. The average molecular weight is 929 g/mol. The largest absolute Gasteiger partial charge is 0.466 e. The van der Waals surface area contributed by atoms with E-state index in [9.17, 15) is 19.8 Å². The van der Waals surface area contributed by atoms with E-state index < -0.39 is 12.1 Å². The minimum atomic E-state index is -0.864. The molecule has 0 saturated carbocycles. The standard InChI is InChI=1S/C60H113NO5/c1-3-5-7-9-11-13-15-17-19-20-21-22-23-24-25-26-27-28-29-32-36-40-44-48-52-58(63)57(56-62)61-59(64)53-49-45-41-37-33-31-35-39-43-47-51-55-66-60(65)54-50-46-42-38-34-30-18-16-14-12-10-8-6-4-2/h16,18,35,39,48,52,57-58,62-63H,3-15,17,19-34,36-38,40-47,49-51,53-56H2,1-2H3,(H,61,64)/b18-16-,39-35-,52-48+. The molecule has 0 aliphatic rings. The molecule has 0 bridgehead atoms. The summed E-state index contributed by atoms with van der Waals surface area (Å²) in [6.07, 6.45) is 68.9. The van der Waals surface area contributed by atoms with Gasteiger partial charge in [-0.25, -0.2) is 0 Å². The third kappa shape index (κ3) is 51.5. The third-order valence-corrected chi connectivity index (χ3v) is 13.4. The Morgan fingerprint density at radius 1 is 0.409 bits per heavy atom. The van der Waals surface area contributed by atoms with E-state index in [-0.39, 0.29) is 18.5 Å². The first kappa shape index (κ1) is 64.1. The second-order valence-corrected chi connectivity index (χ2v) is 20.0. The van der Waals surface area contributed by atoms with Crippen LogP contribution < -0.4 is 5.32 Å². The third-order valence-electron chi connectivity index (χ3n) is 13.4. The summed E-state index contributed by atoms with van der Waals surface area (Å²) in [6.45, 7) is 4.82. The molecule has 0 radical (unpaired) electrons. The summed E-state index contributed by atoms with van der Waals surface area (Å²) in [4.78, 5) is 24.5. The molecule has 2 unspecified atom stereocenters. The molecule has 0 saturated heterocycles. The summed E-state index contributed by atoms with van der Waals surface area (Å²) in [5.41, 5.74) is 0. The van der Waals surface area contributed by atoms with Crippen LogP contribution in [0.5, 0.6) is 0 Å². The van der Waals surface area contributed by atoms with Crippen LogP contribution in [-0.2, 0) is 14.3 Å². The van der Waals surface area contributed by atoms with Crippen LogP contribution in [0.15, 0.2) is 36.5 Å². The first-order chi connectivity index (χ1) is 32.5. The van der Waals surface area contributed by atoms with Crippen LogP contribution in [0.4, 0.5) is 0 Å².